The van der Waals surface area contributed by atoms with Gasteiger partial charge in [0.25, 0.3) is 10.0 Å². The van der Waals surface area contributed by atoms with Crippen molar-refractivity contribution in [2.24, 2.45) is 0 Å². The van der Waals surface area contributed by atoms with E-state index in [1.165, 1.54) is 24.3 Å². The predicted molar refractivity (Wildman–Crippen MR) is 79.6 cm³/mol. The van der Waals surface area contributed by atoms with Crippen LogP contribution in [0.5, 0.6) is 0 Å². The van der Waals surface area contributed by atoms with Gasteiger partial charge in [0.1, 0.15) is 11.6 Å². The molecule has 0 aliphatic carbocycles. The largest absolute Gasteiger partial charge is 0.462 e. The molecular weight excluding hydrogens is 328 g/mol. The standard InChI is InChI=1S/C15H13F2NO4S/c1-2-22-15(19)10-6-8-11(9-7-10)18-23(20,21)14-12(16)4-3-5-13(14)17/h3-9,18H,2H2,1H3. The molecule has 0 heterocycles. The third-order valence-corrected chi connectivity index (χ3v) is 4.27. The van der Waals surface area contributed by atoms with Gasteiger partial charge in [-0.25, -0.2) is 22.0 Å². The lowest BCUT2D eigenvalue weighted by Crippen LogP contribution is -2.16. The molecule has 122 valence electrons. The van der Waals surface area contributed by atoms with Crippen LogP contribution in [0.1, 0.15) is 17.3 Å². The first-order valence-corrected chi connectivity index (χ1v) is 8.07. The van der Waals surface area contributed by atoms with Crippen LogP contribution in [0.25, 0.3) is 0 Å². The molecule has 0 saturated carbocycles. The van der Waals surface area contributed by atoms with Gasteiger partial charge >= 0.3 is 5.97 Å². The van der Waals surface area contributed by atoms with E-state index in [9.17, 15) is 22.0 Å². The van der Waals surface area contributed by atoms with Crippen molar-refractivity contribution < 1.29 is 26.7 Å². The summed E-state index contributed by atoms with van der Waals surface area (Å²) >= 11 is 0. The van der Waals surface area contributed by atoms with E-state index in [4.69, 9.17) is 4.74 Å². The minimum absolute atomic E-state index is 0.0562. The summed E-state index contributed by atoms with van der Waals surface area (Å²) in [5, 5.41) is 0. The minimum atomic E-state index is -4.43. The summed E-state index contributed by atoms with van der Waals surface area (Å²) in [5.74, 6) is -2.94. The molecule has 0 bridgehead atoms. The molecule has 0 amide bonds. The Kier molecular flexibility index (Phi) is 4.95. The Morgan fingerprint density at radius 3 is 2.17 bits per heavy atom. The highest BCUT2D eigenvalue weighted by Gasteiger charge is 2.23. The molecule has 1 N–H and O–H groups in total. The summed E-state index contributed by atoms with van der Waals surface area (Å²) in [6, 6.07) is 8.03. The zero-order chi connectivity index (χ0) is 17.0. The van der Waals surface area contributed by atoms with Gasteiger partial charge in [-0.15, -0.1) is 0 Å². The number of carbonyl (C=O) groups excluding carboxylic acids is 1. The van der Waals surface area contributed by atoms with Crippen LogP contribution in [-0.2, 0) is 14.8 Å². The van der Waals surface area contributed by atoms with Gasteiger partial charge in [0.2, 0.25) is 0 Å². The molecule has 0 atom stereocenters. The number of nitrogens with one attached hydrogen (secondary N) is 1. The highest BCUT2D eigenvalue weighted by molar-refractivity contribution is 7.92. The van der Waals surface area contributed by atoms with Crippen LogP contribution in [-0.4, -0.2) is 21.0 Å². The molecule has 23 heavy (non-hydrogen) atoms. The Hall–Kier alpha value is -2.48. The Morgan fingerprint density at radius 1 is 1.09 bits per heavy atom. The van der Waals surface area contributed by atoms with Crippen molar-refractivity contribution in [3.05, 3.63) is 59.7 Å². The van der Waals surface area contributed by atoms with Crippen molar-refractivity contribution in [2.45, 2.75) is 11.8 Å². The topological polar surface area (TPSA) is 72.5 Å². The molecule has 0 saturated heterocycles. The fraction of sp³-hybridized carbons (Fsp3) is 0.133. The number of hydrogen-bond donors (Lipinski definition) is 1. The SMILES string of the molecule is CCOC(=O)c1ccc(NS(=O)(=O)c2c(F)cccc2F)cc1. The van der Waals surface area contributed by atoms with E-state index in [1.807, 2.05) is 0 Å². The summed E-state index contributed by atoms with van der Waals surface area (Å²) in [4.78, 5) is 10.4. The molecule has 2 aromatic rings. The average Bonchev–Trinajstić information content (AvgIpc) is 2.47. The predicted octanol–water partition coefficient (Wildman–Crippen LogP) is 2.94. The zero-order valence-corrected chi connectivity index (χ0v) is 12.9. The number of esters is 1. The number of sulfonamides is 1. The second-order valence-electron chi connectivity index (χ2n) is 4.45. The van der Waals surface area contributed by atoms with Gasteiger partial charge in [-0.05, 0) is 43.3 Å². The highest BCUT2D eigenvalue weighted by Crippen LogP contribution is 2.22. The Bertz CT molecular complexity index is 800. The zero-order valence-electron chi connectivity index (χ0n) is 12.0. The van der Waals surface area contributed by atoms with Gasteiger partial charge in [-0.1, -0.05) is 6.07 Å². The monoisotopic (exact) mass is 341 g/mol. The molecule has 0 fully saturated rings. The Balaban J connectivity index is 2.26. The van der Waals surface area contributed by atoms with Gasteiger partial charge in [0.05, 0.1) is 12.2 Å². The van der Waals surface area contributed by atoms with E-state index in [0.29, 0.717) is 0 Å². The summed E-state index contributed by atoms with van der Waals surface area (Å²) < 4.78 is 58.2. The number of hydrogen-bond acceptors (Lipinski definition) is 4. The number of anilines is 1. The van der Waals surface area contributed by atoms with Crippen molar-refractivity contribution in [1.29, 1.82) is 0 Å². The lowest BCUT2D eigenvalue weighted by atomic mass is 10.2. The van der Waals surface area contributed by atoms with Crippen molar-refractivity contribution in [3.8, 4) is 0 Å². The second-order valence-corrected chi connectivity index (χ2v) is 6.07. The Morgan fingerprint density at radius 2 is 1.65 bits per heavy atom. The summed E-state index contributed by atoms with van der Waals surface area (Å²) in [6.45, 7) is 1.86. The molecule has 0 unspecified atom stereocenters. The summed E-state index contributed by atoms with van der Waals surface area (Å²) in [6.07, 6.45) is 0. The second kappa shape index (κ2) is 6.74. The van der Waals surface area contributed by atoms with E-state index in [2.05, 4.69) is 4.72 Å². The number of benzene rings is 2. The molecule has 5 nitrogen and oxygen atoms in total. The van der Waals surface area contributed by atoms with Crippen LogP contribution in [0.15, 0.2) is 47.4 Å². The van der Waals surface area contributed by atoms with Crippen molar-refractivity contribution in [1.82, 2.24) is 0 Å². The van der Waals surface area contributed by atoms with E-state index < -0.39 is 32.5 Å². The summed E-state index contributed by atoms with van der Waals surface area (Å²) in [5.41, 5.74) is 0.285. The van der Waals surface area contributed by atoms with Crippen LogP contribution < -0.4 is 4.72 Å². The first kappa shape index (κ1) is 16.9. The number of halogens is 2. The van der Waals surface area contributed by atoms with E-state index in [0.717, 1.165) is 18.2 Å². The molecule has 0 radical (unpaired) electrons. The van der Waals surface area contributed by atoms with Crippen LogP contribution in [0.3, 0.4) is 0 Å². The molecular formula is C15H13F2NO4S. The fourth-order valence-corrected chi connectivity index (χ4v) is 3.03. The quantitative estimate of drug-likeness (QED) is 0.849. The minimum Gasteiger partial charge on any atom is -0.462 e. The van der Waals surface area contributed by atoms with Crippen LogP contribution in [0, 0.1) is 11.6 Å². The summed E-state index contributed by atoms with van der Waals surface area (Å²) in [7, 11) is -4.43. The van der Waals surface area contributed by atoms with Gasteiger partial charge in [-0.2, -0.15) is 0 Å². The smallest absolute Gasteiger partial charge is 0.338 e. The van der Waals surface area contributed by atoms with E-state index in [-0.39, 0.29) is 17.9 Å². The first-order chi connectivity index (χ1) is 10.8. The third kappa shape index (κ3) is 3.84. The van der Waals surface area contributed by atoms with Crippen molar-refractivity contribution in [2.75, 3.05) is 11.3 Å². The van der Waals surface area contributed by atoms with Crippen molar-refractivity contribution >= 4 is 21.7 Å². The van der Waals surface area contributed by atoms with Gasteiger partial charge in [0, 0.05) is 5.69 Å². The van der Waals surface area contributed by atoms with Crippen molar-refractivity contribution in [3.63, 3.8) is 0 Å². The molecule has 0 aromatic heterocycles. The first-order valence-electron chi connectivity index (χ1n) is 6.59. The highest BCUT2D eigenvalue weighted by atomic mass is 32.2. The third-order valence-electron chi connectivity index (χ3n) is 2.84. The van der Waals surface area contributed by atoms with E-state index in [1.54, 1.807) is 6.92 Å². The lowest BCUT2D eigenvalue weighted by Gasteiger charge is -2.10. The molecule has 2 rings (SSSR count). The molecule has 0 aliphatic rings. The number of rotatable bonds is 5. The van der Waals surface area contributed by atoms with Gasteiger partial charge in [0.15, 0.2) is 4.90 Å². The number of ether oxygens (including phenoxy) is 1. The molecule has 0 spiro atoms. The molecule has 8 heteroatoms. The number of carbonyl (C=O) groups is 1. The average molecular weight is 341 g/mol. The van der Waals surface area contributed by atoms with Crippen LogP contribution in [0.2, 0.25) is 0 Å². The fourth-order valence-electron chi connectivity index (χ4n) is 1.83. The van der Waals surface area contributed by atoms with Crippen LogP contribution >= 0.6 is 0 Å². The lowest BCUT2D eigenvalue weighted by molar-refractivity contribution is 0.0526. The van der Waals surface area contributed by atoms with Gasteiger partial charge < -0.3 is 4.74 Å². The maximum absolute atomic E-state index is 13.6. The molecule has 2 aromatic carbocycles. The van der Waals surface area contributed by atoms with E-state index >= 15 is 0 Å². The molecule has 0 aliphatic heterocycles. The van der Waals surface area contributed by atoms with Crippen LogP contribution in [0.4, 0.5) is 14.5 Å². The Labute approximate surface area is 132 Å². The normalized spacial score (nSPS) is 11.1. The maximum atomic E-state index is 13.6. The van der Waals surface area contributed by atoms with Gasteiger partial charge in [-0.3, -0.25) is 4.72 Å². The maximum Gasteiger partial charge on any atom is 0.338 e.